The van der Waals surface area contributed by atoms with Gasteiger partial charge in [0.15, 0.2) is 5.78 Å². The first-order valence-corrected chi connectivity index (χ1v) is 11.2. The minimum absolute atomic E-state index is 0. The highest BCUT2D eigenvalue weighted by molar-refractivity contribution is 5.94. The van der Waals surface area contributed by atoms with Crippen molar-refractivity contribution >= 4 is 48.8 Å². The number of carbonyl (C=O) groups is 1. The van der Waals surface area contributed by atoms with Gasteiger partial charge in [0.1, 0.15) is 5.82 Å². The molecule has 3 aromatic rings. The first-order chi connectivity index (χ1) is 15.4. The summed E-state index contributed by atoms with van der Waals surface area (Å²) in [5, 5.41) is 0. The number of hydrogen-bond acceptors (Lipinski definition) is 5. The van der Waals surface area contributed by atoms with Gasteiger partial charge >= 0.3 is 0 Å². The summed E-state index contributed by atoms with van der Waals surface area (Å²) in [5.74, 6) is 1.09. The molecule has 0 radical (unpaired) electrons. The second kappa shape index (κ2) is 13.7. The molecule has 1 aliphatic heterocycles. The lowest BCUT2D eigenvalue weighted by atomic mass is 10.1. The Bertz CT molecular complexity index is 1150. The van der Waals surface area contributed by atoms with Gasteiger partial charge in [-0.05, 0) is 69.2 Å². The van der Waals surface area contributed by atoms with Crippen LogP contribution in [-0.4, -0.2) is 57.8 Å². The Morgan fingerprint density at radius 2 is 1.57 bits per heavy atom. The van der Waals surface area contributed by atoms with Crippen LogP contribution >= 0.6 is 37.2 Å². The molecule has 7 nitrogen and oxygen atoms in total. The fraction of sp³-hybridized carbons (Fsp3) is 0.400. The van der Waals surface area contributed by atoms with E-state index in [1.807, 2.05) is 48.1 Å². The highest BCUT2D eigenvalue weighted by Crippen LogP contribution is 2.16. The first kappa shape index (κ1) is 30.7. The number of hydrogen-bond donors (Lipinski definition) is 0. The number of aryl methyl sites for hydroxylation is 2. The number of anilines is 1. The molecule has 0 atom stereocenters. The van der Waals surface area contributed by atoms with Crippen LogP contribution in [0.1, 0.15) is 35.0 Å². The number of halogens is 3. The highest BCUT2D eigenvalue weighted by Gasteiger charge is 2.18. The molecule has 35 heavy (non-hydrogen) atoms. The van der Waals surface area contributed by atoms with Crippen molar-refractivity contribution in [1.82, 2.24) is 19.2 Å². The Kier molecular flexibility index (Phi) is 12.0. The summed E-state index contributed by atoms with van der Waals surface area (Å²) < 4.78 is 3.75. The van der Waals surface area contributed by atoms with Crippen LogP contribution in [0, 0.1) is 13.8 Å². The molecule has 0 bridgehead atoms. The zero-order valence-corrected chi connectivity index (χ0v) is 22.8. The normalized spacial score (nSPS) is 13.4. The molecule has 0 aliphatic carbocycles. The maximum Gasteiger partial charge on any atom is 0.267 e. The summed E-state index contributed by atoms with van der Waals surface area (Å²) in [4.78, 5) is 33.4. The fourth-order valence-electron chi connectivity index (χ4n) is 4.33. The fourth-order valence-corrected chi connectivity index (χ4v) is 4.33. The van der Waals surface area contributed by atoms with E-state index in [1.165, 1.54) is 5.56 Å². The molecule has 1 saturated heterocycles. The Labute approximate surface area is 225 Å². The minimum Gasteiger partial charge on any atom is -0.354 e. The van der Waals surface area contributed by atoms with Crippen molar-refractivity contribution in [3.63, 3.8) is 0 Å². The molecule has 0 unspecified atom stereocenters. The van der Waals surface area contributed by atoms with Crippen LogP contribution in [0.25, 0.3) is 5.69 Å². The number of aromatic nitrogens is 3. The van der Waals surface area contributed by atoms with Gasteiger partial charge in [0.25, 0.3) is 5.56 Å². The molecule has 1 aromatic carbocycles. The van der Waals surface area contributed by atoms with Crippen molar-refractivity contribution in [2.45, 2.75) is 33.7 Å². The van der Waals surface area contributed by atoms with Crippen LogP contribution in [0.4, 0.5) is 5.82 Å². The van der Waals surface area contributed by atoms with Gasteiger partial charge in [-0.1, -0.05) is 0 Å². The van der Waals surface area contributed by atoms with E-state index in [1.54, 1.807) is 17.7 Å². The Balaban J connectivity index is 0.00000204. The molecule has 1 fully saturated rings. The van der Waals surface area contributed by atoms with Crippen molar-refractivity contribution < 1.29 is 4.79 Å². The van der Waals surface area contributed by atoms with Gasteiger partial charge in [0.2, 0.25) is 0 Å². The number of ketones is 1. The maximum atomic E-state index is 12.6. The highest BCUT2D eigenvalue weighted by atomic mass is 35.5. The maximum absolute atomic E-state index is 12.6. The molecule has 0 amide bonds. The summed E-state index contributed by atoms with van der Waals surface area (Å²) in [7, 11) is 0. The van der Waals surface area contributed by atoms with Gasteiger partial charge in [-0.3, -0.25) is 19.2 Å². The smallest absolute Gasteiger partial charge is 0.267 e. The lowest BCUT2D eigenvalue weighted by molar-refractivity contribution is 0.101. The predicted octanol–water partition coefficient (Wildman–Crippen LogP) is 4.33. The SMILES string of the molecule is CC(=O)c1ccc(-n2c(C)cc(=O)n2CCCN2CCN(c3cc(C)ccn3)CC2)cc1.Cl.Cl.Cl. The van der Waals surface area contributed by atoms with Gasteiger partial charge in [-0.2, -0.15) is 0 Å². The van der Waals surface area contributed by atoms with E-state index in [9.17, 15) is 9.59 Å². The lowest BCUT2D eigenvalue weighted by Gasteiger charge is -2.35. The average Bonchev–Trinajstić information content (AvgIpc) is 3.07. The quantitative estimate of drug-likeness (QED) is 0.416. The summed E-state index contributed by atoms with van der Waals surface area (Å²) in [6, 6.07) is 13.3. The number of nitrogens with zero attached hydrogens (tertiary/aromatic N) is 5. The van der Waals surface area contributed by atoms with Gasteiger partial charge in [0, 0.05) is 62.8 Å². The summed E-state index contributed by atoms with van der Waals surface area (Å²) in [6.45, 7) is 11.1. The van der Waals surface area contributed by atoms with Crippen LogP contribution < -0.4 is 10.5 Å². The van der Waals surface area contributed by atoms with E-state index in [-0.39, 0.29) is 48.6 Å². The molecule has 0 spiro atoms. The number of Topliss-reactive ketones (excluding diaryl/α,β-unsaturated/α-hetero) is 1. The number of benzene rings is 1. The van der Waals surface area contributed by atoms with Gasteiger partial charge < -0.3 is 4.90 Å². The van der Waals surface area contributed by atoms with E-state index in [0.29, 0.717) is 12.1 Å². The summed E-state index contributed by atoms with van der Waals surface area (Å²) >= 11 is 0. The molecule has 4 rings (SSSR count). The first-order valence-electron chi connectivity index (χ1n) is 11.2. The third kappa shape index (κ3) is 7.34. The van der Waals surface area contributed by atoms with Crippen LogP contribution in [-0.2, 0) is 6.54 Å². The van der Waals surface area contributed by atoms with Gasteiger partial charge in [-0.15, -0.1) is 37.2 Å². The second-order valence-electron chi connectivity index (χ2n) is 8.54. The number of piperazine rings is 1. The Morgan fingerprint density at radius 1 is 0.914 bits per heavy atom. The molecule has 3 heterocycles. The minimum atomic E-state index is 0. The van der Waals surface area contributed by atoms with Crippen LogP contribution in [0.15, 0.2) is 53.5 Å². The molecule has 0 saturated carbocycles. The third-order valence-corrected chi connectivity index (χ3v) is 6.12. The zero-order chi connectivity index (χ0) is 22.7. The number of carbonyl (C=O) groups excluding carboxylic acids is 1. The van der Waals surface area contributed by atoms with Crippen molar-refractivity contribution in [2.75, 3.05) is 37.6 Å². The average molecular weight is 543 g/mol. The van der Waals surface area contributed by atoms with Gasteiger partial charge in [-0.25, -0.2) is 9.67 Å². The number of pyridine rings is 1. The van der Waals surface area contributed by atoms with E-state index in [4.69, 9.17) is 0 Å². The van der Waals surface area contributed by atoms with E-state index >= 15 is 0 Å². The van der Waals surface area contributed by atoms with E-state index in [0.717, 1.165) is 56.3 Å². The lowest BCUT2D eigenvalue weighted by Crippen LogP contribution is -2.47. The molecule has 2 aromatic heterocycles. The topological polar surface area (TPSA) is 63.4 Å². The van der Waals surface area contributed by atoms with E-state index in [2.05, 4.69) is 27.8 Å². The zero-order valence-electron chi connectivity index (χ0n) is 20.3. The molecular formula is C25H34Cl3N5O2. The third-order valence-electron chi connectivity index (χ3n) is 6.12. The van der Waals surface area contributed by atoms with Crippen molar-refractivity contribution in [1.29, 1.82) is 0 Å². The van der Waals surface area contributed by atoms with Crippen LogP contribution in [0.2, 0.25) is 0 Å². The monoisotopic (exact) mass is 541 g/mol. The molecule has 192 valence electrons. The number of rotatable bonds is 7. The molecular weight excluding hydrogens is 509 g/mol. The summed E-state index contributed by atoms with van der Waals surface area (Å²) in [6.07, 6.45) is 2.77. The Morgan fingerprint density at radius 3 is 2.17 bits per heavy atom. The van der Waals surface area contributed by atoms with Crippen molar-refractivity contribution in [3.8, 4) is 5.69 Å². The van der Waals surface area contributed by atoms with Crippen molar-refractivity contribution in [3.05, 3.63) is 75.8 Å². The summed E-state index contributed by atoms with van der Waals surface area (Å²) in [5.41, 5.74) is 3.71. The largest absolute Gasteiger partial charge is 0.354 e. The standard InChI is InChI=1S/C25H31N5O2.3ClH/c1-19-9-10-26-24(17-19)28-15-13-27(14-16-28)11-4-12-29-25(32)18-20(2)30(29)23-7-5-22(6-8-23)21(3)31;;;/h5-10,17-18H,4,11-16H2,1-3H3;3*1H. The van der Waals surface area contributed by atoms with Crippen LogP contribution in [0.3, 0.4) is 0 Å². The van der Waals surface area contributed by atoms with Crippen molar-refractivity contribution in [2.24, 2.45) is 0 Å². The van der Waals surface area contributed by atoms with Gasteiger partial charge in [0.05, 0.1) is 5.69 Å². The van der Waals surface area contributed by atoms with Crippen LogP contribution in [0.5, 0.6) is 0 Å². The Hall–Kier alpha value is -2.32. The molecule has 0 N–H and O–H groups in total. The van der Waals surface area contributed by atoms with E-state index < -0.39 is 0 Å². The molecule has 1 aliphatic rings. The second-order valence-corrected chi connectivity index (χ2v) is 8.54. The predicted molar refractivity (Wildman–Crippen MR) is 149 cm³/mol. The molecule has 10 heteroatoms.